The zero-order valence-electron chi connectivity index (χ0n) is 27.9. The smallest absolute Gasteiger partial charge is 0.0754 e. The molecule has 1 aliphatic heterocycles. The van der Waals surface area contributed by atoms with Gasteiger partial charge in [0.15, 0.2) is 0 Å². The summed E-state index contributed by atoms with van der Waals surface area (Å²) in [5.41, 5.74) is 17.2. The first-order valence-corrected chi connectivity index (χ1v) is 17.7. The first-order chi connectivity index (χ1) is 25.3. The van der Waals surface area contributed by atoms with E-state index in [-0.39, 0.29) is 0 Å². The van der Waals surface area contributed by atoms with Gasteiger partial charge in [0.25, 0.3) is 0 Å². The zero-order valence-corrected chi connectivity index (χ0v) is 27.9. The van der Waals surface area contributed by atoms with Gasteiger partial charge >= 0.3 is 0 Å². The largest absolute Gasteiger partial charge is 0.310 e. The van der Waals surface area contributed by atoms with Crippen molar-refractivity contribution < 1.29 is 0 Å². The third kappa shape index (κ3) is 3.82. The van der Waals surface area contributed by atoms with Gasteiger partial charge < -0.3 is 9.47 Å². The van der Waals surface area contributed by atoms with E-state index in [4.69, 9.17) is 0 Å². The van der Waals surface area contributed by atoms with Gasteiger partial charge in [-0.05, 0) is 93.0 Å². The summed E-state index contributed by atoms with van der Waals surface area (Å²) in [7, 11) is 0. The van der Waals surface area contributed by atoms with Gasteiger partial charge in [0, 0.05) is 27.8 Å². The lowest BCUT2D eigenvalue weighted by molar-refractivity contribution is 0.748. The maximum atomic E-state index is 2.52. The molecule has 2 aliphatic rings. The lowest BCUT2D eigenvalue weighted by Crippen LogP contribution is -2.33. The summed E-state index contributed by atoms with van der Waals surface area (Å²) in [6, 6.07) is 71.3. The molecule has 238 valence electrons. The van der Waals surface area contributed by atoms with E-state index >= 15 is 0 Å². The van der Waals surface area contributed by atoms with E-state index < -0.39 is 5.41 Å². The molecule has 2 heterocycles. The van der Waals surface area contributed by atoms with Crippen molar-refractivity contribution in [2.45, 2.75) is 5.41 Å². The average Bonchev–Trinajstić information content (AvgIpc) is 3.69. The molecule has 0 saturated carbocycles. The van der Waals surface area contributed by atoms with E-state index in [0.29, 0.717) is 0 Å². The number of aromatic nitrogens is 1. The Balaban J connectivity index is 1.17. The van der Waals surface area contributed by atoms with Crippen LogP contribution in [0.2, 0.25) is 0 Å². The molecule has 0 bridgehead atoms. The highest BCUT2D eigenvalue weighted by Gasteiger charge is 2.50. The molecule has 1 aliphatic carbocycles. The summed E-state index contributed by atoms with van der Waals surface area (Å²) in [6.07, 6.45) is 0. The molecule has 0 unspecified atom stereocenters. The van der Waals surface area contributed by atoms with E-state index in [2.05, 4.69) is 204 Å². The zero-order chi connectivity index (χ0) is 33.5. The second-order valence-corrected chi connectivity index (χ2v) is 13.7. The van der Waals surface area contributed by atoms with Crippen LogP contribution in [0, 0.1) is 0 Å². The van der Waals surface area contributed by atoms with Crippen molar-refractivity contribution >= 4 is 38.9 Å². The van der Waals surface area contributed by atoms with Crippen molar-refractivity contribution in [2.24, 2.45) is 0 Å². The maximum Gasteiger partial charge on any atom is 0.0754 e. The quantitative estimate of drug-likeness (QED) is 0.184. The number of rotatable bonds is 4. The van der Waals surface area contributed by atoms with Crippen molar-refractivity contribution in [2.75, 3.05) is 4.90 Å². The molecule has 0 fully saturated rings. The normalized spacial score (nSPS) is 13.3. The van der Waals surface area contributed by atoms with Gasteiger partial charge in [-0.3, -0.25) is 0 Å². The molecule has 0 atom stereocenters. The predicted octanol–water partition coefficient (Wildman–Crippen LogP) is 12.6. The highest BCUT2D eigenvalue weighted by molar-refractivity contribution is 6.14. The van der Waals surface area contributed by atoms with Crippen molar-refractivity contribution in [3.05, 3.63) is 216 Å². The first-order valence-electron chi connectivity index (χ1n) is 17.7. The van der Waals surface area contributed by atoms with Gasteiger partial charge in [0.05, 0.1) is 22.1 Å². The Labute approximate surface area is 297 Å². The summed E-state index contributed by atoms with van der Waals surface area (Å²) in [5, 5.41) is 2.52. The Bertz CT molecular complexity index is 2750. The second kappa shape index (κ2) is 10.7. The summed E-state index contributed by atoms with van der Waals surface area (Å²) in [4.78, 5) is 2.37. The van der Waals surface area contributed by atoms with E-state index in [9.17, 15) is 0 Å². The highest BCUT2D eigenvalue weighted by Crippen LogP contribution is 2.61. The standard InChI is InChI=1S/C49H32N2/c1-3-14-33(15-4-1)34-26-28-36(29-27-34)50(35-16-5-2-6-17-35)37-30-31-46-41(32-37)40-20-13-24-45-48(40)51(46)47-25-12-11-23-44(47)49(45)42-21-9-7-18-38(42)39-19-8-10-22-43(39)49/h1-32H. The van der Waals surface area contributed by atoms with E-state index in [1.54, 1.807) is 0 Å². The lowest BCUT2D eigenvalue weighted by Gasteiger charge is -2.39. The van der Waals surface area contributed by atoms with E-state index in [0.717, 1.165) is 17.1 Å². The van der Waals surface area contributed by atoms with Crippen molar-refractivity contribution in [1.82, 2.24) is 4.57 Å². The molecule has 0 amide bonds. The Kier molecular flexibility index (Phi) is 5.91. The Morgan fingerprint density at radius 3 is 1.65 bits per heavy atom. The molecule has 1 spiro atoms. The molecule has 11 rings (SSSR count). The van der Waals surface area contributed by atoms with Gasteiger partial charge in [-0.25, -0.2) is 0 Å². The molecule has 0 saturated heterocycles. The number of hydrogen-bond acceptors (Lipinski definition) is 1. The molecule has 51 heavy (non-hydrogen) atoms. The van der Waals surface area contributed by atoms with Crippen LogP contribution in [0.3, 0.4) is 0 Å². The van der Waals surface area contributed by atoms with Crippen molar-refractivity contribution in [3.8, 4) is 27.9 Å². The van der Waals surface area contributed by atoms with Crippen LogP contribution in [0.4, 0.5) is 17.1 Å². The summed E-state index contributed by atoms with van der Waals surface area (Å²) >= 11 is 0. The fourth-order valence-corrected chi connectivity index (χ4v) is 9.15. The molecule has 0 N–H and O–H groups in total. The average molecular weight is 649 g/mol. The van der Waals surface area contributed by atoms with E-state index in [1.807, 2.05) is 0 Å². The first kappa shape index (κ1) is 28.2. The van der Waals surface area contributed by atoms with Crippen molar-refractivity contribution in [1.29, 1.82) is 0 Å². The molecule has 1 aromatic heterocycles. The molecule has 8 aromatic carbocycles. The summed E-state index contributed by atoms with van der Waals surface area (Å²) in [6.45, 7) is 0. The summed E-state index contributed by atoms with van der Waals surface area (Å²) < 4.78 is 2.52. The van der Waals surface area contributed by atoms with Crippen LogP contribution in [0.1, 0.15) is 22.3 Å². The maximum absolute atomic E-state index is 2.52. The Hall–Kier alpha value is -6.64. The van der Waals surface area contributed by atoms with Gasteiger partial charge in [0.2, 0.25) is 0 Å². The van der Waals surface area contributed by atoms with Crippen LogP contribution in [0.5, 0.6) is 0 Å². The monoisotopic (exact) mass is 648 g/mol. The molecule has 0 radical (unpaired) electrons. The molecule has 2 heteroatoms. The SMILES string of the molecule is c1ccc(-c2ccc(N(c3ccccc3)c3ccc4c(c3)c3cccc5c3n4-c3ccccc3C53c4ccccc4-c4ccccc43)cc2)cc1. The topological polar surface area (TPSA) is 8.17 Å². The number of hydrogen-bond donors (Lipinski definition) is 0. The molecule has 9 aromatic rings. The van der Waals surface area contributed by atoms with Crippen LogP contribution in [-0.2, 0) is 5.41 Å². The van der Waals surface area contributed by atoms with Crippen LogP contribution < -0.4 is 4.90 Å². The molecular weight excluding hydrogens is 617 g/mol. The lowest BCUT2D eigenvalue weighted by atomic mass is 9.65. The van der Waals surface area contributed by atoms with Gasteiger partial charge in [-0.15, -0.1) is 0 Å². The van der Waals surface area contributed by atoms with Crippen LogP contribution in [0.15, 0.2) is 194 Å². The third-order valence-electron chi connectivity index (χ3n) is 11.2. The summed E-state index contributed by atoms with van der Waals surface area (Å²) in [5.74, 6) is 0. The molecular formula is C49H32N2. The molecule has 2 nitrogen and oxygen atoms in total. The third-order valence-corrected chi connectivity index (χ3v) is 11.2. The predicted molar refractivity (Wildman–Crippen MR) is 212 cm³/mol. The number of anilines is 3. The Morgan fingerprint density at radius 2 is 0.922 bits per heavy atom. The van der Waals surface area contributed by atoms with Crippen LogP contribution in [-0.4, -0.2) is 4.57 Å². The van der Waals surface area contributed by atoms with Crippen LogP contribution in [0.25, 0.3) is 49.7 Å². The minimum Gasteiger partial charge on any atom is -0.310 e. The second-order valence-electron chi connectivity index (χ2n) is 13.7. The number of benzene rings is 8. The van der Waals surface area contributed by atoms with E-state index in [1.165, 1.54) is 72.0 Å². The fourth-order valence-electron chi connectivity index (χ4n) is 9.15. The Morgan fingerprint density at radius 1 is 0.373 bits per heavy atom. The van der Waals surface area contributed by atoms with Crippen molar-refractivity contribution in [3.63, 3.8) is 0 Å². The van der Waals surface area contributed by atoms with Gasteiger partial charge in [-0.2, -0.15) is 0 Å². The number of fused-ring (bicyclic) bond motifs is 12. The fraction of sp³-hybridized carbons (Fsp3) is 0.0204. The number of nitrogens with zero attached hydrogens (tertiary/aromatic N) is 2. The minimum atomic E-state index is -0.410. The number of para-hydroxylation sites is 3. The highest BCUT2D eigenvalue weighted by atomic mass is 15.1. The minimum absolute atomic E-state index is 0.410. The van der Waals surface area contributed by atoms with Gasteiger partial charge in [-0.1, -0.05) is 146 Å². The van der Waals surface area contributed by atoms with Gasteiger partial charge in [0.1, 0.15) is 0 Å². The van der Waals surface area contributed by atoms with Crippen LogP contribution >= 0.6 is 0 Å².